The van der Waals surface area contributed by atoms with Crippen LogP contribution in [0.4, 0.5) is 0 Å². The number of carbonyl (C=O) groups is 1. The highest BCUT2D eigenvalue weighted by Gasteiger charge is 2.18. The molecule has 0 fully saturated rings. The summed E-state index contributed by atoms with van der Waals surface area (Å²) in [6, 6.07) is -1.08. The molecule has 1 heterocycles. The van der Waals surface area contributed by atoms with Gasteiger partial charge in [0.05, 0.1) is 0 Å². The topological polar surface area (TPSA) is 76.4 Å². The fraction of sp³-hybridized carbons (Fsp3) is 0.400. The van der Waals surface area contributed by atoms with Crippen molar-refractivity contribution in [1.82, 2.24) is 4.57 Å². The van der Waals surface area contributed by atoms with Gasteiger partial charge in [0.2, 0.25) is 0 Å². The van der Waals surface area contributed by atoms with Crippen molar-refractivity contribution in [3.05, 3.63) is 19.3 Å². The number of hydrogen-bond acceptors (Lipinski definition) is 5. The summed E-state index contributed by atoms with van der Waals surface area (Å²) in [5.41, 5.74) is 0. The molecule has 0 saturated heterocycles. The first-order valence-electron chi connectivity index (χ1n) is 2.98. The molecule has 1 atom stereocenters. The van der Waals surface area contributed by atoms with Crippen molar-refractivity contribution in [3.8, 4) is 0 Å². The summed E-state index contributed by atoms with van der Waals surface area (Å²) in [5.74, 6) is -1.18. The third kappa shape index (κ3) is 1.46. The summed E-state index contributed by atoms with van der Waals surface area (Å²) < 4.78 is 0.734. The molecule has 1 aromatic heterocycles. The Hall–Kier alpha value is -0.950. The summed E-state index contributed by atoms with van der Waals surface area (Å²) >= 11 is 0. The third-order valence-electron chi connectivity index (χ3n) is 1.32. The van der Waals surface area contributed by atoms with Crippen molar-refractivity contribution in [2.45, 2.75) is 13.0 Å². The van der Waals surface area contributed by atoms with E-state index in [1.54, 1.807) is 0 Å². The van der Waals surface area contributed by atoms with Gasteiger partial charge in [0, 0.05) is 0 Å². The second-order valence-electron chi connectivity index (χ2n) is 2.08. The molecule has 1 aromatic rings. The van der Waals surface area contributed by atoms with Gasteiger partial charge in [0.15, 0.2) is 0 Å². The average molecular weight is 207 g/mol. The zero-order valence-corrected chi connectivity index (χ0v) is 7.65. The molecule has 66 valence electrons. The van der Waals surface area contributed by atoms with E-state index in [1.165, 1.54) is 6.92 Å². The summed E-state index contributed by atoms with van der Waals surface area (Å²) in [6.07, 6.45) is 0. The lowest BCUT2D eigenvalue weighted by Crippen LogP contribution is -2.31. The van der Waals surface area contributed by atoms with Crippen molar-refractivity contribution in [1.29, 1.82) is 0 Å². The molecule has 7 heteroatoms. The van der Waals surface area contributed by atoms with Crippen molar-refractivity contribution in [3.63, 3.8) is 0 Å². The third-order valence-corrected chi connectivity index (χ3v) is 3.19. The van der Waals surface area contributed by atoms with E-state index >= 15 is 0 Å². The van der Waals surface area contributed by atoms with Gasteiger partial charge < -0.3 is 5.11 Å². The first-order valence-corrected chi connectivity index (χ1v) is 5.13. The van der Waals surface area contributed by atoms with E-state index in [-0.39, 0.29) is 0 Å². The molecule has 0 spiro atoms. The standard InChI is InChI=1S/C5H5NO4S2/c1-2(3(7)8)6-4(9)11-12-5(6)10/h2H,1H3,(H,7,8). The Balaban J connectivity index is 3.27. The second-order valence-corrected chi connectivity index (χ2v) is 4.11. The molecule has 1 unspecified atom stereocenters. The zero-order valence-electron chi connectivity index (χ0n) is 6.01. The maximum absolute atomic E-state index is 10.9. The lowest BCUT2D eigenvalue weighted by molar-refractivity contribution is -0.140. The van der Waals surface area contributed by atoms with Crippen LogP contribution in [0, 0.1) is 0 Å². The van der Waals surface area contributed by atoms with E-state index in [0.29, 0.717) is 0 Å². The number of carboxylic acid groups (broad SMARTS) is 1. The van der Waals surface area contributed by atoms with Crippen molar-refractivity contribution in [2.75, 3.05) is 0 Å². The Labute approximate surface area is 73.9 Å². The Morgan fingerprint density at radius 1 is 1.42 bits per heavy atom. The van der Waals surface area contributed by atoms with E-state index in [4.69, 9.17) is 5.11 Å². The molecule has 1 rings (SSSR count). The van der Waals surface area contributed by atoms with Crippen LogP contribution in [0.1, 0.15) is 13.0 Å². The zero-order chi connectivity index (χ0) is 9.30. The highest BCUT2D eigenvalue weighted by Crippen LogP contribution is 2.01. The molecule has 5 nitrogen and oxygen atoms in total. The van der Waals surface area contributed by atoms with E-state index in [0.717, 1.165) is 25.2 Å². The van der Waals surface area contributed by atoms with E-state index in [9.17, 15) is 14.4 Å². The van der Waals surface area contributed by atoms with Crippen molar-refractivity contribution >= 4 is 26.7 Å². The van der Waals surface area contributed by atoms with Crippen LogP contribution in [0.25, 0.3) is 0 Å². The Morgan fingerprint density at radius 3 is 2.17 bits per heavy atom. The highest BCUT2D eigenvalue weighted by molar-refractivity contribution is 7.67. The molecule has 0 radical (unpaired) electrons. The highest BCUT2D eigenvalue weighted by atomic mass is 32.9. The van der Waals surface area contributed by atoms with Gasteiger partial charge in [-0.1, -0.05) is 0 Å². The van der Waals surface area contributed by atoms with Gasteiger partial charge in [-0.05, 0) is 27.6 Å². The molecule has 12 heavy (non-hydrogen) atoms. The summed E-state index contributed by atoms with van der Waals surface area (Å²) in [6.45, 7) is 1.30. The monoisotopic (exact) mass is 207 g/mol. The molecular weight excluding hydrogens is 202 g/mol. The van der Waals surface area contributed by atoms with Crippen molar-refractivity contribution < 1.29 is 9.90 Å². The minimum atomic E-state index is -1.18. The maximum atomic E-state index is 10.9. The van der Waals surface area contributed by atoms with Gasteiger partial charge in [-0.3, -0.25) is 9.59 Å². The number of carboxylic acids is 1. The molecule has 1 N–H and O–H groups in total. The van der Waals surface area contributed by atoms with Crippen LogP contribution >= 0.6 is 20.7 Å². The Bertz CT molecular complexity index is 373. The number of aromatic nitrogens is 1. The average Bonchev–Trinajstić information content (AvgIpc) is 2.30. The minimum Gasteiger partial charge on any atom is -0.480 e. The second kappa shape index (κ2) is 3.20. The largest absolute Gasteiger partial charge is 0.480 e. The number of hydrogen-bond donors (Lipinski definition) is 1. The Kier molecular flexibility index (Phi) is 2.43. The van der Waals surface area contributed by atoms with Gasteiger partial charge in [0.25, 0.3) is 0 Å². The van der Waals surface area contributed by atoms with E-state index in [2.05, 4.69) is 0 Å². The summed E-state index contributed by atoms with van der Waals surface area (Å²) in [7, 11) is 1.50. The van der Waals surface area contributed by atoms with Crippen molar-refractivity contribution in [2.24, 2.45) is 0 Å². The predicted molar refractivity (Wildman–Crippen MR) is 45.1 cm³/mol. The van der Waals surface area contributed by atoms with Crippen LogP contribution in [-0.2, 0) is 4.79 Å². The molecule has 0 aliphatic rings. The quantitative estimate of drug-likeness (QED) is 0.691. The maximum Gasteiger partial charge on any atom is 0.326 e. The van der Waals surface area contributed by atoms with E-state index in [1.807, 2.05) is 0 Å². The van der Waals surface area contributed by atoms with Crippen LogP contribution in [-0.4, -0.2) is 15.6 Å². The van der Waals surface area contributed by atoms with Crippen LogP contribution in [0.2, 0.25) is 0 Å². The lowest BCUT2D eigenvalue weighted by atomic mass is 10.3. The molecule has 0 aromatic carbocycles. The fourth-order valence-electron chi connectivity index (χ4n) is 0.653. The van der Waals surface area contributed by atoms with Crippen LogP contribution < -0.4 is 9.75 Å². The number of nitrogens with zero attached hydrogens (tertiary/aromatic N) is 1. The first kappa shape index (κ1) is 9.14. The van der Waals surface area contributed by atoms with Gasteiger partial charge in [-0.2, -0.15) is 0 Å². The van der Waals surface area contributed by atoms with E-state index < -0.39 is 21.8 Å². The first-order chi connectivity index (χ1) is 5.54. The Morgan fingerprint density at radius 2 is 1.83 bits per heavy atom. The lowest BCUT2D eigenvalue weighted by Gasteiger charge is -2.02. The van der Waals surface area contributed by atoms with Gasteiger partial charge >= 0.3 is 15.7 Å². The molecule has 0 aliphatic heterocycles. The SMILES string of the molecule is CC(C(=O)O)n1c(=O)ssc1=O. The van der Waals surface area contributed by atoms with Gasteiger partial charge in [-0.15, -0.1) is 0 Å². The summed E-state index contributed by atoms with van der Waals surface area (Å²) in [4.78, 5) is 31.2. The van der Waals surface area contributed by atoms with Gasteiger partial charge in [0.1, 0.15) is 6.04 Å². The molecular formula is C5H5NO4S2. The van der Waals surface area contributed by atoms with Crippen LogP contribution in [0.3, 0.4) is 0 Å². The normalized spacial score (nSPS) is 12.8. The van der Waals surface area contributed by atoms with Gasteiger partial charge in [-0.25, -0.2) is 9.36 Å². The molecule has 0 saturated carbocycles. The smallest absolute Gasteiger partial charge is 0.326 e. The van der Waals surface area contributed by atoms with Crippen LogP contribution in [0.15, 0.2) is 9.59 Å². The molecule has 0 aliphatic carbocycles. The predicted octanol–water partition coefficient (Wildman–Crippen LogP) is -0.0229. The number of rotatable bonds is 2. The minimum absolute atomic E-state index is 0.514. The molecule has 0 bridgehead atoms. The summed E-state index contributed by atoms with van der Waals surface area (Å²) in [5, 5.41) is 8.51. The fourth-order valence-corrected chi connectivity index (χ4v) is 2.41. The number of aliphatic carboxylic acids is 1. The molecule has 0 amide bonds. The van der Waals surface area contributed by atoms with Crippen LogP contribution in [0.5, 0.6) is 0 Å².